The first-order valence-corrected chi connectivity index (χ1v) is 49.1. The molecule has 24 rings (SSSR count). The minimum Gasteiger partial charge on any atom is -0.310 e. The second-order valence-electron chi connectivity index (χ2n) is 37.4. The number of hydrogen-bond acceptors (Lipinski definition) is 3. The molecule has 0 N–H and O–H groups in total. The van der Waals surface area contributed by atoms with Gasteiger partial charge in [-0.25, -0.2) is 0 Å². The molecule has 3 fully saturated rings. The second kappa shape index (κ2) is 39.6. The maximum absolute atomic E-state index is 2.45. The molecular formula is C132H111N3. The van der Waals surface area contributed by atoms with Gasteiger partial charge < -0.3 is 14.7 Å². The van der Waals surface area contributed by atoms with E-state index in [9.17, 15) is 0 Å². The van der Waals surface area contributed by atoms with E-state index in [-0.39, 0.29) is 0 Å². The predicted octanol–water partition coefficient (Wildman–Crippen LogP) is 38.5. The van der Waals surface area contributed by atoms with E-state index in [1.165, 1.54) is 273 Å². The summed E-state index contributed by atoms with van der Waals surface area (Å²) in [7, 11) is 0. The molecule has 3 aliphatic carbocycles. The summed E-state index contributed by atoms with van der Waals surface area (Å²) < 4.78 is 0. The summed E-state index contributed by atoms with van der Waals surface area (Å²) in [5.41, 5.74) is 29.8. The summed E-state index contributed by atoms with van der Waals surface area (Å²) in [4.78, 5) is 7.26. The lowest BCUT2D eigenvalue weighted by Gasteiger charge is -2.29. The Labute approximate surface area is 795 Å². The number of fused-ring (bicyclic) bond motifs is 6. The maximum atomic E-state index is 2.45. The van der Waals surface area contributed by atoms with Gasteiger partial charge >= 0.3 is 0 Å². The zero-order valence-electron chi connectivity index (χ0n) is 76.7. The molecule has 0 aliphatic heterocycles. The van der Waals surface area contributed by atoms with Gasteiger partial charge in [-0.15, -0.1) is 0 Å². The monoisotopic (exact) mass is 1740 g/mol. The van der Waals surface area contributed by atoms with Crippen LogP contribution in [0.2, 0.25) is 0 Å². The highest BCUT2D eigenvalue weighted by Crippen LogP contribution is 2.48. The van der Waals surface area contributed by atoms with Crippen molar-refractivity contribution >= 4 is 116 Å². The molecule has 3 saturated carbocycles. The van der Waals surface area contributed by atoms with Gasteiger partial charge in [0, 0.05) is 51.1 Å². The zero-order chi connectivity index (χ0) is 90.0. The molecule has 3 aliphatic rings. The summed E-state index contributed by atoms with van der Waals surface area (Å²) in [6, 6.07) is 174. The molecule has 0 unspecified atom stereocenters. The maximum Gasteiger partial charge on any atom is 0.0546 e. The number of benzene rings is 21. The van der Waals surface area contributed by atoms with Crippen LogP contribution in [-0.4, -0.2) is 0 Å². The van der Waals surface area contributed by atoms with Crippen molar-refractivity contribution in [2.24, 2.45) is 0 Å². The van der Waals surface area contributed by atoms with Crippen LogP contribution < -0.4 is 14.7 Å². The number of nitrogens with zero attached hydrogens (tertiary/aromatic N) is 3. The predicted molar refractivity (Wildman–Crippen MR) is 579 cm³/mol. The van der Waals surface area contributed by atoms with Gasteiger partial charge in [0.2, 0.25) is 0 Å². The fourth-order valence-electron chi connectivity index (χ4n) is 21.5. The Morgan fingerprint density at radius 3 is 0.704 bits per heavy atom. The van der Waals surface area contributed by atoms with Crippen LogP contribution in [0.3, 0.4) is 0 Å². The van der Waals surface area contributed by atoms with E-state index in [2.05, 4.69) is 488 Å². The van der Waals surface area contributed by atoms with Gasteiger partial charge in [-0.05, 0) is 338 Å². The third-order valence-electron chi connectivity index (χ3n) is 28.9. The average Bonchev–Trinajstić information content (AvgIpc) is 0.773. The molecule has 3 heteroatoms. The minimum absolute atomic E-state index is 0.681. The Kier molecular flexibility index (Phi) is 24.9. The molecule has 0 heterocycles. The molecule has 0 radical (unpaired) electrons. The summed E-state index contributed by atoms with van der Waals surface area (Å²) >= 11 is 0. The van der Waals surface area contributed by atoms with Crippen LogP contribution in [-0.2, 0) is 0 Å². The first kappa shape index (κ1) is 85.1. The molecule has 0 spiro atoms. The summed E-state index contributed by atoms with van der Waals surface area (Å²) in [5.74, 6) is 2.07. The Hall–Kier alpha value is -15.4. The van der Waals surface area contributed by atoms with Crippen molar-refractivity contribution in [1.82, 2.24) is 0 Å². The van der Waals surface area contributed by atoms with Gasteiger partial charge in [0.1, 0.15) is 0 Å². The minimum atomic E-state index is 0.681. The van der Waals surface area contributed by atoms with Gasteiger partial charge in [0.05, 0.1) is 5.69 Å². The quantitative estimate of drug-likeness (QED) is 0.0848. The lowest BCUT2D eigenvalue weighted by molar-refractivity contribution is 0.443. The lowest BCUT2D eigenvalue weighted by Crippen LogP contribution is -2.12. The Balaban J connectivity index is 0.000000118. The smallest absolute Gasteiger partial charge is 0.0546 e. The number of anilines is 9. The summed E-state index contributed by atoms with van der Waals surface area (Å²) in [5, 5.41) is 15.1. The normalized spacial score (nSPS) is 13.7. The van der Waals surface area contributed by atoms with Gasteiger partial charge in [0.25, 0.3) is 0 Å². The van der Waals surface area contributed by atoms with Gasteiger partial charge in [-0.2, -0.15) is 0 Å². The summed E-state index contributed by atoms with van der Waals surface area (Å²) in [6.45, 7) is 0. The molecule has 135 heavy (non-hydrogen) atoms. The topological polar surface area (TPSA) is 9.72 Å². The Bertz CT molecular complexity index is 7660. The van der Waals surface area contributed by atoms with E-state index in [0.29, 0.717) is 17.8 Å². The third-order valence-corrected chi connectivity index (χ3v) is 28.9. The van der Waals surface area contributed by atoms with Crippen molar-refractivity contribution in [3.63, 3.8) is 0 Å². The molecule has 654 valence electrons. The van der Waals surface area contributed by atoms with Crippen LogP contribution in [0.15, 0.2) is 473 Å². The Morgan fingerprint density at radius 1 is 0.133 bits per heavy atom. The molecule has 0 bridgehead atoms. The van der Waals surface area contributed by atoms with Gasteiger partial charge in [0.15, 0.2) is 0 Å². The molecule has 0 saturated heterocycles. The first-order chi connectivity index (χ1) is 66.9. The van der Waals surface area contributed by atoms with Crippen molar-refractivity contribution in [2.45, 2.75) is 114 Å². The molecule has 21 aromatic carbocycles. The average molecular weight is 1740 g/mol. The SMILES string of the molecule is c1ccc(-c2ccc(N(c3ccc(C4CCCCC4)cc3)c3cc4ccccc4cc3-c3ccc4ccccc4c3)cc2)cc1.c1ccc(-c2ccc(N(c3ccc(C4CCCCC4)cc3)c3ccc4cc(-c5ccc6ccccc6c5)ccc4c3)cc2)cc1.c1ccc(-c2ccc(N(c3ccc(C4CCCCC4)cc3)c3ccc4ccc(-c5ccc6ccccc6c5)cc4c3)cc2)cc1. The van der Waals surface area contributed by atoms with Crippen molar-refractivity contribution in [3.05, 3.63) is 490 Å². The molecule has 0 amide bonds. The van der Waals surface area contributed by atoms with Crippen LogP contribution in [0, 0.1) is 0 Å². The van der Waals surface area contributed by atoms with E-state index in [1.54, 1.807) is 0 Å². The number of rotatable bonds is 18. The van der Waals surface area contributed by atoms with Crippen LogP contribution in [0.1, 0.15) is 131 Å². The van der Waals surface area contributed by atoms with Crippen LogP contribution in [0.4, 0.5) is 51.2 Å². The Morgan fingerprint density at radius 2 is 0.348 bits per heavy atom. The van der Waals surface area contributed by atoms with E-state index in [0.717, 1.165) is 22.7 Å². The first-order valence-electron chi connectivity index (χ1n) is 49.1. The van der Waals surface area contributed by atoms with Crippen molar-refractivity contribution < 1.29 is 0 Å². The third kappa shape index (κ3) is 19.0. The zero-order valence-corrected chi connectivity index (χ0v) is 76.7. The fourth-order valence-corrected chi connectivity index (χ4v) is 21.5. The second-order valence-corrected chi connectivity index (χ2v) is 37.4. The summed E-state index contributed by atoms with van der Waals surface area (Å²) in [6.07, 6.45) is 20.1. The van der Waals surface area contributed by atoms with Crippen LogP contribution >= 0.6 is 0 Å². The molecule has 0 aromatic heterocycles. The highest BCUT2D eigenvalue weighted by Gasteiger charge is 2.25. The molecule has 3 nitrogen and oxygen atoms in total. The van der Waals surface area contributed by atoms with Crippen molar-refractivity contribution in [1.29, 1.82) is 0 Å². The highest BCUT2D eigenvalue weighted by atomic mass is 15.2. The standard InChI is InChI=1S/3C44H37N/c1-3-11-32(12-4-1)35-21-25-41(26-22-35)45(42-27-23-36(24-28-42)33-13-5-2-6-14-33)44-31-39-18-10-9-17-38(39)30-43(44)40-20-19-34-15-7-8-16-37(34)29-40;1-3-9-32(10-4-1)35-19-24-42(25-20-35)45(43-26-21-36(22-27-43)33-11-5-2-6-12-33)44-28-23-37-16-18-40(30-41(37)31-44)39-17-15-34-13-7-8-14-38(34)29-39;1-3-9-32(10-4-1)35-19-24-42(25-20-35)45(43-26-21-36(22-27-43)33-11-5-2-6-12-33)44-28-23-40-30-39(17-18-41(40)31-44)38-16-15-34-13-7-8-14-37(34)29-38/h1,3-4,7-12,15-31,33H,2,5-6,13-14H2;2*1,3-4,7-10,13-31,33H,2,5-6,11-12H2. The molecular weight excluding hydrogens is 1630 g/mol. The van der Waals surface area contributed by atoms with Gasteiger partial charge in [-0.1, -0.05) is 391 Å². The van der Waals surface area contributed by atoms with Crippen LogP contribution in [0.5, 0.6) is 0 Å². The van der Waals surface area contributed by atoms with E-state index in [1.807, 2.05) is 0 Å². The number of hydrogen-bond donors (Lipinski definition) is 0. The molecule has 21 aromatic rings. The largest absolute Gasteiger partial charge is 0.310 e. The van der Waals surface area contributed by atoms with E-state index >= 15 is 0 Å². The van der Waals surface area contributed by atoms with Crippen LogP contribution in [0.25, 0.3) is 131 Å². The van der Waals surface area contributed by atoms with Crippen molar-refractivity contribution in [2.75, 3.05) is 14.7 Å². The highest BCUT2D eigenvalue weighted by molar-refractivity contribution is 6.02. The van der Waals surface area contributed by atoms with Crippen molar-refractivity contribution in [3.8, 4) is 66.8 Å². The lowest BCUT2D eigenvalue weighted by atomic mass is 9.84. The van der Waals surface area contributed by atoms with E-state index < -0.39 is 0 Å². The molecule has 0 atom stereocenters. The van der Waals surface area contributed by atoms with E-state index in [4.69, 9.17) is 0 Å². The van der Waals surface area contributed by atoms with Gasteiger partial charge in [-0.3, -0.25) is 0 Å². The fraction of sp³-hybridized carbons (Fsp3) is 0.136.